The van der Waals surface area contributed by atoms with Crippen LogP contribution in [-0.2, 0) is 4.74 Å². The molecule has 1 atom stereocenters. The molecule has 0 aromatic heterocycles. The zero-order chi connectivity index (χ0) is 8.10. The van der Waals surface area contributed by atoms with E-state index in [1.165, 1.54) is 0 Å². The molecule has 3 heteroatoms. The predicted molar refractivity (Wildman–Crippen MR) is 45.2 cm³/mol. The Balaban J connectivity index is 2.12. The topological polar surface area (TPSA) is 24.5 Å². The highest BCUT2D eigenvalue weighted by Gasteiger charge is 2.14. The number of ether oxygens (including phenoxy) is 1. The summed E-state index contributed by atoms with van der Waals surface area (Å²) in [5, 5.41) is 3.20. The van der Waals surface area contributed by atoms with Gasteiger partial charge in [-0.1, -0.05) is 0 Å². The van der Waals surface area contributed by atoms with Crippen LogP contribution < -0.4 is 5.32 Å². The molecule has 1 N–H and O–H groups in total. The molecule has 65 valence electrons. The number of hydrogen-bond donors (Lipinski definition) is 1. The van der Waals surface area contributed by atoms with Gasteiger partial charge in [-0.2, -0.15) is 0 Å². The number of morpholine rings is 1. The molecule has 0 aromatic rings. The van der Waals surface area contributed by atoms with Gasteiger partial charge in [-0.05, 0) is 20.4 Å². The molecule has 1 fully saturated rings. The molecule has 1 saturated heterocycles. The molecule has 0 spiro atoms. The van der Waals surface area contributed by atoms with Gasteiger partial charge in [-0.25, -0.2) is 0 Å². The second kappa shape index (κ2) is 4.70. The summed E-state index contributed by atoms with van der Waals surface area (Å²) in [4.78, 5) is 2.35. The summed E-state index contributed by atoms with van der Waals surface area (Å²) in [5.74, 6) is 0. The Labute approximate surface area is 68.7 Å². The first-order valence-electron chi connectivity index (χ1n) is 4.17. The van der Waals surface area contributed by atoms with Crippen LogP contribution in [0.1, 0.15) is 6.92 Å². The van der Waals surface area contributed by atoms with Crippen molar-refractivity contribution in [3.63, 3.8) is 0 Å². The van der Waals surface area contributed by atoms with Gasteiger partial charge in [0, 0.05) is 19.8 Å². The van der Waals surface area contributed by atoms with Crippen molar-refractivity contribution in [1.29, 1.82) is 0 Å². The van der Waals surface area contributed by atoms with Gasteiger partial charge in [-0.15, -0.1) is 0 Å². The summed E-state index contributed by atoms with van der Waals surface area (Å²) in [6.07, 6.45) is 0.385. The zero-order valence-corrected chi connectivity index (χ0v) is 7.18. The normalized spacial score (nSPS) is 27.3. The summed E-state index contributed by atoms with van der Waals surface area (Å²) in [5.41, 5.74) is 0. The summed E-state index contributed by atoms with van der Waals surface area (Å²) in [6, 6.07) is 0. The van der Waals surface area contributed by atoms with E-state index in [0.717, 1.165) is 32.9 Å². The van der Waals surface area contributed by atoms with Crippen molar-refractivity contribution in [1.82, 2.24) is 10.2 Å². The molecule has 1 radical (unpaired) electrons. The highest BCUT2D eigenvalue weighted by atomic mass is 16.5. The summed E-state index contributed by atoms with van der Waals surface area (Å²) < 4.78 is 5.40. The van der Waals surface area contributed by atoms with E-state index in [1.807, 2.05) is 0 Å². The molecule has 1 rings (SSSR count). The lowest BCUT2D eigenvalue weighted by Gasteiger charge is -2.30. The quantitative estimate of drug-likeness (QED) is 0.628. The standard InChI is InChI=1S/C8H17N2O/c1-3-9-7-10-4-5-11-8(2)6-10/h8-9H,1,3-7H2,2H3. The molecular weight excluding hydrogens is 140 g/mol. The molecule has 1 heterocycles. The highest BCUT2D eigenvalue weighted by molar-refractivity contribution is 4.66. The number of nitrogens with zero attached hydrogens (tertiary/aromatic N) is 1. The van der Waals surface area contributed by atoms with E-state index in [9.17, 15) is 0 Å². The smallest absolute Gasteiger partial charge is 0.0675 e. The molecular formula is C8H17N2O. The minimum atomic E-state index is 0.385. The van der Waals surface area contributed by atoms with Crippen molar-refractivity contribution in [3.8, 4) is 0 Å². The minimum absolute atomic E-state index is 0.385. The summed E-state index contributed by atoms with van der Waals surface area (Å²) in [7, 11) is 0. The van der Waals surface area contributed by atoms with E-state index in [0.29, 0.717) is 6.10 Å². The van der Waals surface area contributed by atoms with E-state index in [1.54, 1.807) is 0 Å². The second-order valence-electron chi connectivity index (χ2n) is 2.92. The van der Waals surface area contributed by atoms with E-state index in [4.69, 9.17) is 4.74 Å². The van der Waals surface area contributed by atoms with Crippen molar-refractivity contribution in [2.75, 3.05) is 32.9 Å². The van der Waals surface area contributed by atoms with Crippen LogP contribution in [0.15, 0.2) is 0 Å². The fourth-order valence-corrected chi connectivity index (χ4v) is 1.27. The fourth-order valence-electron chi connectivity index (χ4n) is 1.27. The number of rotatable bonds is 3. The number of nitrogens with one attached hydrogen (secondary N) is 1. The molecule has 1 unspecified atom stereocenters. The molecule has 0 aromatic carbocycles. The van der Waals surface area contributed by atoms with Crippen LogP contribution in [0.25, 0.3) is 0 Å². The molecule has 0 aliphatic carbocycles. The Hall–Kier alpha value is -0.120. The molecule has 0 amide bonds. The van der Waals surface area contributed by atoms with Crippen molar-refractivity contribution in [2.24, 2.45) is 0 Å². The van der Waals surface area contributed by atoms with E-state index >= 15 is 0 Å². The van der Waals surface area contributed by atoms with Gasteiger partial charge in [0.2, 0.25) is 0 Å². The maximum atomic E-state index is 5.40. The minimum Gasteiger partial charge on any atom is -0.376 e. The van der Waals surface area contributed by atoms with Gasteiger partial charge in [0.15, 0.2) is 0 Å². The Morgan fingerprint density at radius 3 is 3.18 bits per heavy atom. The lowest BCUT2D eigenvalue weighted by atomic mass is 10.3. The van der Waals surface area contributed by atoms with E-state index < -0.39 is 0 Å². The van der Waals surface area contributed by atoms with Gasteiger partial charge in [-0.3, -0.25) is 4.90 Å². The van der Waals surface area contributed by atoms with Crippen LogP contribution in [0.3, 0.4) is 0 Å². The first-order chi connectivity index (χ1) is 5.33. The van der Waals surface area contributed by atoms with Gasteiger partial charge in [0.05, 0.1) is 12.7 Å². The average molecular weight is 157 g/mol. The van der Waals surface area contributed by atoms with Crippen molar-refractivity contribution in [2.45, 2.75) is 13.0 Å². The SMILES string of the molecule is [CH2]CNCN1CCOC(C)C1. The molecule has 1 aliphatic heterocycles. The third-order valence-electron chi connectivity index (χ3n) is 1.84. The van der Waals surface area contributed by atoms with Crippen molar-refractivity contribution in [3.05, 3.63) is 6.92 Å². The van der Waals surface area contributed by atoms with Crippen molar-refractivity contribution < 1.29 is 4.74 Å². The van der Waals surface area contributed by atoms with Crippen LogP contribution in [0.4, 0.5) is 0 Å². The average Bonchev–Trinajstić information content (AvgIpc) is 2.01. The van der Waals surface area contributed by atoms with Crippen LogP contribution in [0.2, 0.25) is 0 Å². The van der Waals surface area contributed by atoms with Gasteiger partial charge >= 0.3 is 0 Å². The van der Waals surface area contributed by atoms with E-state index in [2.05, 4.69) is 24.1 Å². The molecule has 11 heavy (non-hydrogen) atoms. The largest absolute Gasteiger partial charge is 0.376 e. The molecule has 0 bridgehead atoms. The van der Waals surface area contributed by atoms with E-state index in [-0.39, 0.29) is 0 Å². The van der Waals surface area contributed by atoms with Gasteiger partial charge < -0.3 is 10.1 Å². The van der Waals surface area contributed by atoms with Crippen LogP contribution >= 0.6 is 0 Å². The maximum absolute atomic E-state index is 5.40. The molecule has 1 aliphatic rings. The monoisotopic (exact) mass is 157 g/mol. The van der Waals surface area contributed by atoms with Crippen molar-refractivity contribution >= 4 is 0 Å². The Kier molecular flexibility index (Phi) is 3.83. The number of hydrogen-bond acceptors (Lipinski definition) is 3. The lowest BCUT2D eigenvalue weighted by molar-refractivity contribution is -0.0204. The van der Waals surface area contributed by atoms with Gasteiger partial charge in [0.1, 0.15) is 0 Å². The Bertz CT molecular complexity index is 108. The van der Waals surface area contributed by atoms with Gasteiger partial charge in [0.25, 0.3) is 0 Å². The Morgan fingerprint density at radius 1 is 1.73 bits per heavy atom. The van der Waals surface area contributed by atoms with Crippen LogP contribution in [0.5, 0.6) is 0 Å². The van der Waals surface area contributed by atoms with Crippen LogP contribution in [-0.4, -0.2) is 43.9 Å². The summed E-state index contributed by atoms with van der Waals surface area (Å²) >= 11 is 0. The Morgan fingerprint density at radius 2 is 2.55 bits per heavy atom. The maximum Gasteiger partial charge on any atom is 0.0675 e. The summed E-state index contributed by atoms with van der Waals surface area (Å²) in [6.45, 7) is 10.5. The second-order valence-corrected chi connectivity index (χ2v) is 2.92. The van der Waals surface area contributed by atoms with Crippen LogP contribution in [0, 0.1) is 6.92 Å². The molecule has 0 saturated carbocycles. The third-order valence-corrected chi connectivity index (χ3v) is 1.84. The highest BCUT2D eigenvalue weighted by Crippen LogP contribution is 2.01. The molecule has 3 nitrogen and oxygen atoms in total. The lowest BCUT2D eigenvalue weighted by Crippen LogP contribution is -2.45. The first-order valence-corrected chi connectivity index (χ1v) is 4.17. The third kappa shape index (κ3) is 3.18. The zero-order valence-electron chi connectivity index (χ0n) is 7.18. The first kappa shape index (κ1) is 8.97. The predicted octanol–water partition coefficient (Wildman–Crippen LogP) is 0.0883. The fraction of sp³-hybridized carbons (Fsp3) is 0.875.